The van der Waals surface area contributed by atoms with Crippen molar-refractivity contribution in [2.45, 2.75) is 44.9 Å². The lowest BCUT2D eigenvalue weighted by Gasteiger charge is -2.20. The molecule has 5 heteroatoms. The summed E-state index contributed by atoms with van der Waals surface area (Å²) < 4.78 is 23.6. The number of hydrogen-bond acceptors (Lipinski definition) is 4. The van der Waals surface area contributed by atoms with Crippen LogP contribution in [0.5, 0.6) is 0 Å². The fourth-order valence-corrected chi connectivity index (χ4v) is 4.57. The number of thioether (sulfide) groups is 1. The molecule has 1 N–H and O–H groups in total. The van der Waals surface area contributed by atoms with E-state index in [1.807, 2.05) is 11.8 Å². The predicted molar refractivity (Wildman–Crippen MR) is 76.4 cm³/mol. The van der Waals surface area contributed by atoms with Crippen LogP contribution in [0.1, 0.15) is 33.6 Å². The highest BCUT2D eigenvalue weighted by Crippen LogP contribution is 2.27. The van der Waals surface area contributed by atoms with Crippen LogP contribution in [0.3, 0.4) is 0 Å². The summed E-state index contributed by atoms with van der Waals surface area (Å²) in [5.41, 5.74) is 0. The Bertz CT molecular complexity index is 314. The van der Waals surface area contributed by atoms with Gasteiger partial charge in [-0.3, -0.25) is 0 Å². The van der Waals surface area contributed by atoms with E-state index in [0.29, 0.717) is 17.7 Å². The molecule has 0 spiro atoms. The third-order valence-corrected chi connectivity index (χ3v) is 6.85. The lowest BCUT2D eigenvalue weighted by Crippen LogP contribution is -2.37. The molecule has 2 unspecified atom stereocenters. The van der Waals surface area contributed by atoms with Gasteiger partial charge < -0.3 is 5.32 Å². The fourth-order valence-electron chi connectivity index (χ4n) is 1.99. The van der Waals surface area contributed by atoms with E-state index >= 15 is 0 Å². The van der Waals surface area contributed by atoms with Gasteiger partial charge in [0.1, 0.15) is 0 Å². The van der Waals surface area contributed by atoms with Gasteiger partial charge in [0.2, 0.25) is 0 Å². The normalized spacial score (nSPS) is 25.6. The summed E-state index contributed by atoms with van der Waals surface area (Å²) in [6.07, 6.45) is 1.95. The van der Waals surface area contributed by atoms with E-state index in [1.54, 1.807) is 13.8 Å². The van der Waals surface area contributed by atoms with Crippen LogP contribution in [-0.4, -0.2) is 43.5 Å². The minimum atomic E-state index is -2.87. The lowest BCUT2D eigenvalue weighted by molar-refractivity contribution is 0.417. The van der Waals surface area contributed by atoms with Crippen molar-refractivity contribution in [2.24, 2.45) is 5.92 Å². The first-order chi connectivity index (χ1) is 7.97. The average molecular weight is 279 g/mol. The van der Waals surface area contributed by atoms with Crippen molar-refractivity contribution in [3.63, 3.8) is 0 Å². The van der Waals surface area contributed by atoms with E-state index in [9.17, 15) is 8.42 Å². The van der Waals surface area contributed by atoms with Crippen LogP contribution in [-0.2, 0) is 9.84 Å². The summed E-state index contributed by atoms with van der Waals surface area (Å²) in [5.74, 6) is 3.11. The molecule has 17 heavy (non-hydrogen) atoms. The van der Waals surface area contributed by atoms with E-state index in [2.05, 4.69) is 12.2 Å². The van der Waals surface area contributed by atoms with Gasteiger partial charge in [-0.05, 0) is 44.9 Å². The van der Waals surface area contributed by atoms with Gasteiger partial charge in [-0.1, -0.05) is 6.92 Å². The van der Waals surface area contributed by atoms with Gasteiger partial charge in [0, 0.05) is 11.8 Å². The van der Waals surface area contributed by atoms with Crippen LogP contribution in [0.4, 0.5) is 0 Å². The minimum absolute atomic E-state index is 0.237. The third-order valence-electron chi connectivity index (χ3n) is 3.35. The van der Waals surface area contributed by atoms with E-state index in [-0.39, 0.29) is 5.25 Å². The minimum Gasteiger partial charge on any atom is -0.313 e. The Kier molecular flexibility index (Phi) is 6.31. The summed E-state index contributed by atoms with van der Waals surface area (Å²) in [7, 11) is -2.87. The zero-order valence-corrected chi connectivity index (χ0v) is 12.7. The van der Waals surface area contributed by atoms with Crippen molar-refractivity contribution in [2.75, 3.05) is 23.8 Å². The molecule has 0 bridgehead atoms. The smallest absolute Gasteiger partial charge is 0.152 e. The second-order valence-electron chi connectivity index (χ2n) is 5.06. The predicted octanol–water partition coefficient (Wildman–Crippen LogP) is 1.93. The Balaban J connectivity index is 2.40. The van der Waals surface area contributed by atoms with E-state index in [0.717, 1.165) is 30.9 Å². The average Bonchev–Trinajstić information content (AvgIpc) is 2.71. The summed E-state index contributed by atoms with van der Waals surface area (Å²) in [5, 5.41) is 3.29. The highest BCUT2D eigenvalue weighted by atomic mass is 32.2. The molecule has 0 radical (unpaired) electrons. The van der Waals surface area contributed by atoms with Gasteiger partial charge in [0.25, 0.3) is 0 Å². The van der Waals surface area contributed by atoms with Crippen molar-refractivity contribution in [3.8, 4) is 0 Å². The summed E-state index contributed by atoms with van der Waals surface area (Å²) in [6.45, 7) is 6.74. The molecule has 0 amide bonds. The van der Waals surface area contributed by atoms with Gasteiger partial charge in [-0.15, -0.1) is 0 Å². The highest BCUT2D eigenvalue weighted by molar-refractivity contribution is 7.99. The Hall–Kier alpha value is 0.260. The van der Waals surface area contributed by atoms with Gasteiger partial charge in [0.05, 0.1) is 11.0 Å². The molecule has 0 aromatic carbocycles. The van der Waals surface area contributed by atoms with Gasteiger partial charge in [0.15, 0.2) is 9.84 Å². The van der Waals surface area contributed by atoms with E-state index in [1.165, 1.54) is 0 Å². The summed E-state index contributed by atoms with van der Waals surface area (Å²) >= 11 is 1.94. The van der Waals surface area contributed by atoms with Crippen LogP contribution in [0.15, 0.2) is 0 Å². The molecule has 1 saturated heterocycles. The molecule has 0 saturated carbocycles. The van der Waals surface area contributed by atoms with Crippen molar-refractivity contribution < 1.29 is 8.42 Å². The molecule has 0 aliphatic carbocycles. The summed E-state index contributed by atoms with van der Waals surface area (Å²) in [6, 6.07) is 0.516. The molecule has 0 aromatic rings. The first-order valence-corrected chi connectivity index (χ1v) is 9.37. The number of hydrogen-bond donors (Lipinski definition) is 1. The number of sulfone groups is 1. The zero-order chi connectivity index (χ0) is 12.9. The van der Waals surface area contributed by atoms with Gasteiger partial charge in [-0.2, -0.15) is 11.8 Å². The van der Waals surface area contributed by atoms with Crippen molar-refractivity contribution in [1.29, 1.82) is 0 Å². The van der Waals surface area contributed by atoms with Crippen molar-refractivity contribution in [3.05, 3.63) is 0 Å². The molecule has 3 nitrogen and oxygen atoms in total. The molecule has 1 rings (SSSR count). The molecule has 2 atom stereocenters. The largest absolute Gasteiger partial charge is 0.313 e. The molecule has 0 aromatic heterocycles. The monoisotopic (exact) mass is 279 g/mol. The van der Waals surface area contributed by atoms with Crippen LogP contribution < -0.4 is 5.32 Å². The molecular weight excluding hydrogens is 254 g/mol. The quantitative estimate of drug-likeness (QED) is 0.773. The molecule has 1 aliphatic rings. The highest BCUT2D eigenvalue weighted by Gasteiger charge is 2.29. The lowest BCUT2D eigenvalue weighted by atomic mass is 10.0. The van der Waals surface area contributed by atoms with Crippen LogP contribution in [0.2, 0.25) is 0 Å². The standard InChI is InChI=1S/C12H25NO2S2/c1-4-6-13-12-9-16-8-11(12)5-7-17(14,15)10(2)3/h10-13H,4-9H2,1-3H3. The Morgan fingerprint density at radius 2 is 2.06 bits per heavy atom. The maximum atomic E-state index is 11.8. The maximum absolute atomic E-state index is 11.8. The van der Waals surface area contributed by atoms with E-state index in [4.69, 9.17) is 0 Å². The number of rotatable bonds is 7. The van der Waals surface area contributed by atoms with Crippen molar-refractivity contribution in [1.82, 2.24) is 5.32 Å². The summed E-state index contributed by atoms with van der Waals surface area (Å²) in [4.78, 5) is 0. The zero-order valence-electron chi connectivity index (χ0n) is 11.1. The van der Waals surface area contributed by atoms with Gasteiger partial charge >= 0.3 is 0 Å². The Labute approximate surface area is 110 Å². The topological polar surface area (TPSA) is 46.2 Å². The molecule has 1 fully saturated rings. The van der Waals surface area contributed by atoms with Crippen LogP contribution >= 0.6 is 11.8 Å². The molecule has 102 valence electrons. The van der Waals surface area contributed by atoms with Crippen molar-refractivity contribution >= 4 is 21.6 Å². The molecular formula is C12H25NO2S2. The number of nitrogens with one attached hydrogen (secondary N) is 1. The van der Waals surface area contributed by atoms with E-state index < -0.39 is 9.84 Å². The van der Waals surface area contributed by atoms with Gasteiger partial charge in [-0.25, -0.2) is 8.42 Å². The van der Waals surface area contributed by atoms with Crippen LogP contribution in [0, 0.1) is 5.92 Å². The third kappa shape index (κ3) is 4.79. The fraction of sp³-hybridized carbons (Fsp3) is 1.00. The SMILES string of the molecule is CCCNC1CSCC1CCS(=O)(=O)C(C)C. The second-order valence-corrected chi connectivity index (χ2v) is 8.81. The van der Waals surface area contributed by atoms with Crippen LogP contribution in [0.25, 0.3) is 0 Å². The first kappa shape index (κ1) is 15.3. The Morgan fingerprint density at radius 1 is 1.35 bits per heavy atom. The first-order valence-electron chi connectivity index (χ1n) is 6.50. The maximum Gasteiger partial charge on any atom is 0.152 e. The molecule has 1 heterocycles. The Morgan fingerprint density at radius 3 is 2.65 bits per heavy atom. The molecule has 1 aliphatic heterocycles. The second kappa shape index (κ2) is 7.00.